The van der Waals surface area contributed by atoms with E-state index in [1.165, 1.54) is 7.11 Å². The van der Waals surface area contributed by atoms with Gasteiger partial charge in [0.1, 0.15) is 5.75 Å². The largest absolute Gasteiger partial charge is 0.496 e. The summed E-state index contributed by atoms with van der Waals surface area (Å²) in [6.45, 7) is 2.35. The first-order valence-corrected chi connectivity index (χ1v) is 6.10. The molecule has 1 rings (SSSR count). The fourth-order valence-corrected chi connectivity index (χ4v) is 1.62. The first kappa shape index (κ1) is 14.0. The van der Waals surface area contributed by atoms with E-state index in [9.17, 15) is 4.79 Å². The summed E-state index contributed by atoms with van der Waals surface area (Å²) >= 11 is 3.31. The van der Waals surface area contributed by atoms with Gasteiger partial charge in [-0.2, -0.15) is 0 Å². The molecule has 0 radical (unpaired) electrons. The molecule has 94 valence electrons. The van der Waals surface area contributed by atoms with E-state index in [4.69, 9.17) is 9.84 Å². The van der Waals surface area contributed by atoms with Crippen molar-refractivity contribution >= 4 is 21.8 Å². The van der Waals surface area contributed by atoms with Crippen molar-refractivity contribution in [3.8, 4) is 5.75 Å². The second-order valence-electron chi connectivity index (χ2n) is 3.84. The number of hydrogen-bond acceptors (Lipinski definition) is 3. The summed E-state index contributed by atoms with van der Waals surface area (Å²) in [6, 6.07) is 5.22. The molecule has 1 unspecified atom stereocenters. The van der Waals surface area contributed by atoms with Crippen LogP contribution in [0.2, 0.25) is 0 Å². The maximum atomic E-state index is 11.9. The van der Waals surface area contributed by atoms with Crippen molar-refractivity contribution in [2.45, 2.75) is 6.92 Å². The van der Waals surface area contributed by atoms with Crippen LogP contribution < -0.4 is 10.1 Å². The summed E-state index contributed by atoms with van der Waals surface area (Å²) < 4.78 is 6.00. The van der Waals surface area contributed by atoms with Crippen molar-refractivity contribution in [1.29, 1.82) is 0 Å². The Morgan fingerprint density at radius 3 is 2.88 bits per heavy atom. The van der Waals surface area contributed by atoms with Gasteiger partial charge < -0.3 is 15.2 Å². The first-order chi connectivity index (χ1) is 8.08. The van der Waals surface area contributed by atoms with Gasteiger partial charge in [-0.3, -0.25) is 4.79 Å². The lowest BCUT2D eigenvalue weighted by Crippen LogP contribution is -2.29. The Bertz CT molecular complexity index is 395. The van der Waals surface area contributed by atoms with Crippen molar-refractivity contribution in [3.63, 3.8) is 0 Å². The molecule has 0 bridgehead atoms. The second-order valence-corrected chi connectivity index (χ2v) is 4.76. The molecule has 1 amide bonds. The van der Waals surface area contributed by atoms with Gasteiger partial charge in [0.25, 0.3) is 5.91 Å². The number of ether oxygens (including phenoxy) is 1. The van der Waals surface area contributed by atoms with Crippen LogP contribution in [0.5, 0.6) is 5.75 Å². The molecular formula is C12H16BrNO3. The first-order valence-electron chi connectivity index (χ1n) is 5.31. The number of carbonyl (C=O) groups is 1. The van der Waals surface area contributed by atoms with E-state index in [1.807, 2.05) is 6.92 Å². The number of methoxy groups -OCH3 is 1. The Balaban J connectivity index is 2.75. The molecule has 0 saturated heterocycles. The number of rotatable bonds is 5. The van der Waals surface area contributed by atoms with Crippen molar-refractivity contribution in [3.05, 3.63) is 28.2 Å². The standard InChI is InChI=1S/C12H16BrNO3/c1-8(7-15)6-14-12(16)10-4-3-9(13)5-11(10)17-2/h3-5,8,15H,6-7H2,1-2H3,(H,14,16). The zero-order chi connectivity index (χ0) is 12.8. The van der Waals surface area contributed by atoms with Crippen LogP contribution in [-0.4, -0.2) is 31.3 Å². The van der Waals surface area contributed by atoms with Gasteiger partial charge in [-0.15, -0.1) is 0 Å². The molecule has 5 heteroatoms. The molecule has 0 spiro atoms. The Morgan fingerprint density at radius 2 is 2.29 bits per heavy atom. The third-order valence-corrected chi connectivity index (χ3v) is 2.82. The molecular weight excluding hydrogens is 286 g/mol. The third kappa shape index (κ3) is 4.02. The van der Waals surface area contributed by atoms with Gasteiger partial charge in [-0.05, 0) is 24.1 Å². The molecule has 4 nitrogen and oxygen atoms in total. The average Bonchev–Trinajstić information content (AvgIpc) is 2.35. The minimum atomic E-state index is -0.199. The van der Waals surface area contributed by atoms with Crippen molar-refractivity contribution in [2.24, 2.45) is 5.92 Å². The molecule has 1 aromatic carbocycles. The number of hydrogen-bond donors (Lipinski definition) is 2. The number of benzene rings is 1. The highest BCUT2D eigenvalue weighted by Gasteiger charge is 2.12. The highest BCUT2D eigenvalue weighted by atomic mass is 79.9. The second kappa shape index (κ2) is 6.61. The summed E-state index contributed by atoms with van der Waals surface area (Å²) in [5, 5.41) is 11.6. The Hall–Kier alpha value is -1.07. The molecule has 0 fully saturated rings. The summed E-state index contributed by atoms with van der Waals surface area (Å²) in [4.78, 5) is 11.9. The minimum absolute atomic E-state index is 0.0420. The zero-order valence-corrected chi connectivity index (χ0v) is 11.5. The van der Waals surface area contributed by atoms with Crippen molar-refractivity contribution in [2.75, 3.05) is 20.3 Å². The number of nitrogens with one attached hydrogen (secondary N) is 1. The van der Waals surface area contributed by atoms with Crippen LogP contribution in [0, 0.1) is 5.92 Å². The monoisotopic (exact) mass is 301 g/mol. The molecule has 0 aliphatic carbocycles. The van der Waals surface area contributed by atoms with Gasteiger partial charge in [-0.25, -0.2) is 0 Å². The van der Waals surface area contributed by atoms with Gasteiger partial charge >= 0.3 is 0 Å². The Kier molecular flexibility index (Phi) is 5.44. The fraction of sp³-hybridized carbons (Fsp3) is 0.417. The maximum Gasteiger partial charge on any atom is 0.255 e. The van der Waals surface area contributed by atoms with E-state index in [0.29, 0.717) is 17.9 Å². The SMILES string of the molecule is COc1cc(Br)ccc1C(=O)NCC(C)CO. The molecule has 0 heterocycles. The summed E-state index contributed by atoms with van der Waals surface area (Å²) in [5.41, 5.74) is 0.487. The molecule has 0 aliphatic heterocycles. The molecule has 1 atom stereocenters. The van der Waals surface area contributed by atoms with Crippen LogP contribution in [0.1, 0.15) is 17.3 Å². The number of halogens is 1. The van der Waals surface area contributed by atoms with Crippen molar-refractivity contribution in [1.82, 2.24) is 5.32 Å². The van der Waals surface area contributed by atoms with Gasteiger partial charge in [0.2, 0.25) is 0 Å². The quantitative estimate of drug-likeness (QED) is 0.872. The van der Waals surface area contributed by atoms with Gasteiger partial charge in [0.05, 0.1) is 12.7 Å². The fourth-order valence-electron chi connectivity index (χ4n) is 1.28. The lowest BCUT2D eigenvalue weighted by Gasteiger charge is -2.12. The topological polar surface area (TPSA) is 58.6 Å². The van der Waals surface area contributed by atoms with E-state index in [-0.39, 0.29) is 18.4 Å². The highest BCUT2D eigenvalue weighted by molar-refractivity contribution is 9.10. The highest BCUT2D eigenvalue weighted by Crippen LogP contribution is 2.23. The van der Waals surface area contributed by atoms with E-state index in [2.05, 4.69) is 21.2 Å². The number of aliphatic hydroxyl groups is 1. The molecule has 2 N–H and O–H groups in total. The van der Waals surface area contributed by atoms with Crippen LogP contribution in [0.4, 0.5) is 0 Å². The number of carbonyl (C=O) groups excluding carboxylic acids is 1. The normalized spacial score (nSPS) is 12.0. The lowest BCUT2D eigenvalue weighted by molar-refractivity contribution is 0.0939. The van der Waals surface area contributed by atoms with E-state index < -0.39 is 0 Å². The summed E-state index contributed by atoms with van der Waals surface area (Å²) in [5.74, 6) is 0.364. The van der Waals surface area contributed by atoms with Gasteiger partial charge in [0, 0.05) is 17.6 Å². The average molecular weight is 302 g/mol. The molecule has 17 heavy (non-hydrogen) atoms. The third-order valence-electron chi connectivity index (χ3n) is 2.33. The molecule has 0 aliphatic rings. The Morgan fingerprint density at radius 1 is 1.59 bits per heavy atom. The summed E-state index contributed by atoms with van der Waals surface area (Å²) in [7, 11) is 1.52. The minimum Gasteiger partial charge on any atom is -0.496 e. The predicted molar refractivity (Wildman–Crippen MR) is 69.3 cm³/mol. The van der Waals surface area contributed by atoms with E-state index in [1.54, 1.807) is 18.2 Å². The van der Waals surface area contributed by atoms with Crippen LogP contribution >= 0.6 is 15.9 Å². The van der Waals surface area contributed by atoms with E-state index in [0.717, 1.165) is 4.47 Å². The van der Waals surface area contributed by atoms with Gasteiger partial charge in [0.15, 0.2) is 0 Å². The van der Waals surface area contributed by atoms with Gasteiger partial charge in [-0.1, -0.05) is 22.9 Å². The summed E-state index contributed by atoms with van der Waals surface area (Å²) in [6.07, 6.45) is 0. The predicted octanol–water partition coefficient (Wildman–Crippen LogP) is 1.82. The molecule has 0 aromatic heterocycles. The van der Waals surface area contributed by atoms with Crippen LogP contribution in [0.25, 0.3) is 0 Å². The smallest absolute Gasteiger partial charge is 0.255 e. The van der Waals surface area contributed by atoms with Crippen molar-refractivity contribution < 1.29 is 14.6 Å². The lowest BCUT2D eigenvalue weighted by atomic mass is 10.1. The van der Waals surface area contributed by atoms with Crippen LogP contribution in [0.3, 0.4) is 0 Å². The zero-order valence-electron chi connectivity index (χ0n) is 9.87. The molecule has 1 aromatic rings. The van der Waals surface area contributed by atoms with Crippen LogP contribution in [0.15, 0.2) is 22.7 Å². The van der Waals surface area contributed by atoms with Crippen LogP contribution in [-0.2, 0) is 0 Å². The number of aliphatic hydroxyl groups excluding tert-OH is 1. The Labute approximate surface area is 109 Å². The molecule has 0 saturated carbocycles. The maximum absolute atomic E-state index is 11.9. The van der Waals surface area contributed by atoms with E-state index >= 15 is 0 Å². The number of amides is 1.